The van der Waals surface area contributed by atoms with Crippen molar-refractivity contribution < 1.29 is 4.79 Å². The number of hydrogen-bond donors (Lipinski definition) is 1. The second-order valence-corrected chi connectivity index (χ2v) is 9.32. The third kappa shape index (κ3) is 3.82. The summed E-state index contributed by atoms with van der Waals surface area (Å²) in [5.74, 6) is -0.453. The van der Waals surface area contributed by atoms with Crippen molar-refractivity contribution in [3.05, 3.63) is 92.7 Å². The summed E-state index contributed by atoms with van der Waals surface area (Å²) in [7, 11) is 0. The zero-order chi connectivity index (χ0) is 23.3. The van der Waals surface area contributed by atoms with E-state index >= 15 is 0 Å². The topological polar surface area (TPSA) is 73.8 Å². The van der Waals surface area contributed by atoms with Crippen molar-refractivity contribution in [2.45, 2.75) is 13.8 Å². The minimum atomic E-state index is -0.456. The van der Waals surface area contributed by atoms with Crippen molar-refractivity contribution in [3.8, 4) is 5.69 Å². The van der Waals surface area contributed by atoms with Gasteiger partial charge in [0.05, 0.1) is 15.6 Å². The second-order valence-electron chi connectivity index (χ2n) is 7.55. The first-order valence-corrected chi connectivity index (χ1v) is 11.6. The molecule has 3 aromatic rings. The van der Waals surface area contributed by atoms with Gasteiger partial charge in [-0.05, 0) is 61.5 Å². The molecular weight excluding hydrogens is 477 g/mol. The van der Waals surface area contributed by atoms with Crippen LogP contribution in [0.5, 0.6) is 0 Å². The molecule has 2 aliphatic heterocycles. The summed E-state index contributed by atoms with van der Waals surface area (Å²) in [4.78, 5) is 17.0. The zero-order valence-electron chi connectivity index (χ0n) is 17.6. The lowest BCUT2D eigenvalue weighted by Gasteiger charge is -2.20. The molecule has 0 radical (unpaired) electrons. The number of aromatic nitrogens is 1. The van der Waals surface area contributed by atoms with E-state index in [0.29, 0.717) is 20.3 Å². The molecule has 0 fully saturated rings. The second kappa shape index (κ2) is 8.33. The molecule has 1 amide bonds. The van der Waals surface area contributed by atoms with Crippen LogP contribution >= 0.6 is 35.0 Å². The fourth-order valence-corrected chi connectivity index (χ4v) is 4.99. The van der Waals surface area contributed by atoms with Crippen LogP contribution in [0.4, 0.5) is 0 Å². The normalized spacial score (nSPS) is 16.8. The third-order valence-corrected chi connectivity index (χ3v) is 7.10. The van der Waals surface area contributed by atoms with Gasteiger partial charge in [0.1, 0.15) is 5.04 Å². The Hall–Kier alpha value is -3.13. The number of amides is 1. The number of carbonyl (C=O) groups is 1. The number of fused-ring (bicyclic) bond motifs is 1. The summed E-state index contributed by atoms with van der Waals surface area (Å²) in [6.45, 7) is 3.92. The molecule has 0 spiro atoms. The van der Waals surface area contributed by atoms with Crippen LogP contribution in [0.15, 0.2) is 70.3 Å². The number of hydrazone groups is 1. The van der Waals surface area contributed by atoms with Gasteiger partial charge in [-0.1, -0.05) is 53.5 Å². The lowest BCUT2D eigenvalue weighted by Crippen LogP contribution is -2.35. The molecule has 0 unspecified atom stereocenters. The van der Waals surface area contributed by atoms with E-state index in [2.05, 4.69) is 10.1 Å². The van der Waals surface area contributed by atoms with Gasteiger partial charge in [-0.25, -0.2) is 0 Å². The van der Waals surface area contributed by atoms with Crippen LogP contribution < -0.4 is 0 Å². The largest absolute Gasteiger partial charge is 0.318 e. The Morgan fingerprint density at radius 3 is 2.52 bits per heavy atom. The van der Waals surface area contributed by atoms with Crippen LogP contribution in [0.2, 0.25) is 10.0 Å². The van der Waals surface area contributed by atoms with E-state index in [1.165, 1.54) is 16.8 Å². The van der Waals surface area contributed by atoms with Crippen molar-refractivity contribution in [2.24, 2.45) is 10.1 Å². The van der Waals surface area contributed by atoms with Crippen LogP contribution in [-0.4, -0.2) is 31.5 Å². The molecule has 0 saturated carbocycles. The maximum atomic E-state index is 12.8. The minimum absolute atomic E-state index is 0.00257. The predicted octanol–water partition coefficient (Wildman–Crippen LogP) is 6.07. The Morgan fingerprint density at radius 2 is 1.79 bits per heavy atom. The van der Waals surface area contributed by atoms with E-state index in [4.69, 9.17) is 28.6 Å². The molecule has 0 bridgehead atoms. The van der Waals surface area contributed by atoms with Crippen LogP contribution in [0.3, 0.4) is 0 Å². The average Bonchev–Trinajstić information content (AvgIpc) is 3.34. The summed E-state index contributed by atoms with van der Waals surface area (Å²) in [6, 6.07) is 17.0. The first-order chi connectivity index (χ1) is 15.8. The summed E-state index contributed by atoms with van der Waals surface area (Å²) < 4.78 is 2.03. The zero-order valence-corrected chi connectivity index (χ0v) is 20.0. The highest BCUT2D eigenvalue weighted by Gasteiger charge is 2.36. The number of hydrogen-bond acceptors (Lipinski definition) is 4. The molecule has 2 aromatic carbocycles. The summed E-state index contributed by atoms with van der Waals surface area (Å²) in [5.41, 5.74) is 4.63. The number of carbonyl (C=O) groups excluding carboxylic acids is 1. The van der Waals surface area contributed by atoms with Crippen molar-refractivity contribution in [1.82, 2.24) is 9.58 Å². The molecule has 5 rings (SSSR count). The molecule has 9 heteroatoms. The number of nitrogens with zero attached hydrogens (tertiary/aromatic N) is 4. The smallest absolute Gasteiger partial charge is 0.283 e. The fraction of sp³-hybridized carbons (Fsp3) is 0.0833. The van der Waals surface area contributed by atoms with Gasteiger partial charge in [-0.2, -0.15) is 15.1 Å². The van der Waals surface area contributed by atoms with E-state index in [0.717, 1.165) is 28.2 Å². The van der Waals surface area contributed by atoms with Gasteiger partial charge in [0.15, 0.2) is 5.84 Å². The summed E-state index contributed by atoms with van der Waals surface area (Å²) >= 11 is 13.6. The Morgan fingerprint density at radius 1 is 1.03 bits per heavy atom. The molecule has 1 N–H and O–H groups in total. The lowest BCUT2D eigenvalue weighted by atomic mass is 10.1. The van der Waals surface area contributed by atoms with E-state index in [-0.39, 0.29) is 11.4 Å². The SMILES string of the molecule is Cc1cc(C=C2C(=N)N3N=C(c4ccccc4)SC3=NC2=O)c(C)n1-c1ccc(Cl)c(Cl)c1. The molecule has 0 aliphatic carbocycles. The number of amidine groups is 2. The Bertz CT molecular complexity index is 1420. The van der Waals surface area contributed by atoms with Crippen LogP contribution in [0.1, 0.15) is 22.5 Å². The molecule has 3 heterocycles. The number of benzene rings is 2. The molecule has 6 nitrogen and oxygen atoms in total. The Labute approximate surface area is 204 Å². The highest BCUT2D eigenvalue weighted by atomic mass is 35.5. The molecule has 0 saturated heterocycles. The predicted molar refractivity (Wildman–Crippen MR) is 136 cm³/mol. The van der Waals surface area contributed by atoms with Crippen LogP contribution in [0.25, 0.3) is 11.8 Å². The molecular formula is C24H17Cl2N5OS. The van der Waals surface area contributed by atoms with Gasteiger partial charge >= 0.3 is 0 Å². The van der Waals surface area contributed by atoms with Gasteiger partial charge < -0.3 is 4.57 Å². The minimum Gasteiger partial charge on any atom is -0.318 e. The average molecular weight is 494 g/mol. The first kappa shape index (κ1) is 21.7. The number of rotatable bonds is 3. The number of aryl methyl sites for hydroxylation is 1. The molecule has 33 heavy (non-hydrogen) atoms. The van der Waals surface area contributed by atoms with Crippen LogP contribution in [0, 0.1) is 19.3 Å². The van der Waals surface area contributed by atoms with E-state index in [1.807, 2.05) is 60.9 Å². The Kier molecular flexibility index (Phi) is 5.48. The van der Waals surface area contributed by atoms with Gasteiger partial charge in [-0.15, -0.1) is 0 Å². The van der Waals surface area contributed by atoms with Crippen molar-refractivity contribution in [3.63, 3.8) is 0 Å². The monoisotopic (exact) mass is 493 g/mol. The Balaban J connectivity index is 1.52. The van der Waals surface area contributed by atoms with Crippen LogP contribution in [-0.2, 0) is 4.79 Å². The fourth-order valence-electron chi connectivity index (χ4n) is 3.80. The van der Waals surface area contributed by atoms with Crippen molar-refractivity contribution >= 4 is 63.0 Å². The lowest BCUT2D eigenvalue weighted by molar-refractivity contribution is -0.114. The van der Waals surface area contributed by atoms with Gasteiger partial charge in [-0.3, -0.25) is 10.2 Å². The highest BCUT2D eigenvalue weighted by Crippen LogP contribution is 2.32. The first-order valence-electron chi connectivity index (χ1n) is 10.0. The quantitative estimate of drug-likeness (QED) is 0.450. The summed E-state index contributed by atoms with van der Waals surface area (Å²) in [6.07, 6.45) is 1.70. The van der Waals surface area contributed by atoms with E-state index in [1.54, 1.807) is 18.2 Å². The molecule has 1 aromatic heterocycles. The standard InChI is InChI=1S/C24H17Cl2N5OS/c1-13-10-16(14(2)30(13)17-8-9-19(25)20(26)12-17)11-18-21(27)31-24(28-22(18)32)33-23(29-31)15-6-4-3-5-7-15/h3-12,27H,1-2H3. The number of nitrogens with one attached hydrogen (secondary N) is 1. The third-order valence-electron chi connectivity index (χ3n) is 5.41. The number of thioether (sulfide) groups is 1. The number of halogens is 2. The van der Waals surface area contributed by atoms with Gasteiger partial charge in [0.25, 0.3) is 5.91 Å². The summed E-state index contributed by atoms with van der Waals surface area (Å²) in [5, 5.41) is 16.6. The molecule has 0 atom stereocenters. The van der Waals surface area contributed by atoms with E-state index in [9.17, 15) is 4.79 Å². The number of aliphatic imine (C=N–C) groups is 1. The van der Waals surface area contributed by atoms with Crippen molar-refractivity contribution in [1.29, 1.82) is 5.41 Å². The maximum absolute atomic E-state index is 12.8. The highest BCUT2D eigenvalue weighted by molar-refractivity contribution is 8.27. The van der Waals surface area contributed by atoms with Crippen molar-refractivity contribution in [2.75, 3.05) is 0 Å². The van der Waals surface area contributed by atoms with E-state index < -0.39 is 5.91 Å². The molecule has 2 aliphatic rings. The molecule has 164 valence electrons. The van der Waals surface area contributed by atoms with Gasteiger partial charge in [0, 0.05) is 22.6 Å². The maximum Gasteiger partial charge on any atom is 0.283 e. The van der Waals surface area contributed by atoms with Gasteiger partial charge in [0.2, 0.25) is 5.17 Å².